The van der Waals surface area contributed by atoms with Crippen molar-refractivity contribution in [3.63, 3.8) is 0 Å². The first kappa shape index (κ1) is 17.9. The minimum absolute atomic E-state index is 0.0763. The average molecular weight is 348 g/mol. The fraction of sp³-hybridized carbons (Fsp3) is 0.286. The number of aryl methyl sites for hydroxylation is 4. The van der Waals surface area contributed by atoms with Crippen molar-refractivity contribution in [2.45, 2.75) is 26.7 Å². The molecule has 3 rings (SSSR count). The summed E-state index contributed by atoms with van der Waals surface area (Å²) in [6.07, 6.45) is 3.71. The Hall–Kier alpha value is -2.95. The Bertz CT molecular complexity index is 897. The lowest BCUT2D eigenvalue weighted by Gasteiger charge is -2.07. The summed E-state index contributed by atoms with van der Waals surface area (Å²) in [6.45, 7) is 4.51. The number of aromatic nitrogens is 3. The highest BCUT2D eigenvalue weighted by molar-refractivity contribution is 5.92. The molecular formula is C21H24N4O. The summed E-state index contributed by atoms with van der Waals surface area (Å²) in [4.78, 5) is 16.5. The molecule has 0 bridgehead atoms. The summed E-state index contributed by atoms with van der Waals surface area (Å²) >= 11 is 0. The fourth-order valence-electron chi connectivity index (χ4n) is 2.95. The molecule has 0 saturated carbocycles. The number of hydrogen-bond acceptors (Lipinski definition) is 3. The average Bonchev–Trinajstić information content (AvgIpc) is 2.98. The molecule has 0 saturated heterocycles. The van der Waals surface area contributed by atoms with Gasteiger partial charge in [-0.05, 0) is 49.9 Å². The zero-order valence-electron chi connectivity index (χ0n) is 15.5. The quantitative estimate of drug-likeness (QED) is 0.694. The third kappa shape index (κ3) is 4.36. The molecule has 0 unspecified atom stereocenters. The number of benzene rings is 1. The van der Waals surface area contributed by atoms with Crippen molar-refractivity contribution in [2.75, 3.05) is 6.54 Å². The van der Waals surface area contributed by atoms with Crippen LogP contribution in [0.2, 0.25) is 0 Å². The summed E-state index contributed by atoms with van der Waals surface area (Å²) in [5.74, 6) is -0.0763. The second kappa shape index (κ2) is 7.95. The van der Waals surface area contributed by atoms with Crippen LogP contribution in [0.5, 0.6) is 0 Å². The van der Waals surface area contributed by atoms with Gasteiger partial charge in [-0.15, -0.1) is 0 Å². The van der Waals surface area contributed by atoms with Gasteiger partial charge in [-0.3, -0.25) is 14.5 Å². The minimum Gasteiger partial charge on any atom is -0.351 e. The number of carbonyl (C=O) groups is 1. The van der Waals surface area contributed by atoms with E-state index in [9.17, 15) is 4.79 Å². The van der Waals surface area contributed by atoms with Crippen molar-refractivity contribution >= 4 is 5.91 Å². The van der Waals surface area contributed by atoms with Gasteiger partial charge in [-0.1, -0.05) is 30.3 Å². The first-order valence-electron chi connectivity index (χ1n) is 8.84. The van der Waals surface area contributed by atoms with Crippen molar-refractivity contribution in [3.8, 4) is 11.1 Å². The van der Waals surface area contributed by atoms with E-state index in [2.05, 4.69) is 45.7 Å². The number of nitrogens with zero attached hydrogens (tertiary/aromatic N) is 3. The van der Waals surface area contributed by atoms with Gasteiger partial charge < -0.3 is 5.32 Å². The van der Waals surface area contributed by atoms with Crippen LogP contribution in [-0.4, -0.2) is 27.2 Å². The molecule has 1 amide bonds. The summed E-state index contributed by atoms with van der Waals surface area (Å²) in [7, 11) is 1.79. The molecular weight excluding hydrogens is 324 g/mol. The molecule has 26 heavy (non-hydrogen) atoms. The number of hydrogen-bond donors (Lipinski definition) is 1. The van der Waals surface area contributed by atoms with Crippen LogP contribution >= 0.6 is 0 Å². The highest BCUT2D eigenvalue weighted by atomic mass is 16.2. The molecule has 1 N–H and O–H groups in total. The molecule has 0 aliphatic heterocycles. The number of amides is 1. The molecule has 2 heterocycles. The maximum Gasteiger partial charge on any atom is 0.269 e. The van der Waals surface area contributed by atoms with E-state index in [-0.39, 0.29) is 5.91 Å². The van der Waals surface area contributed by atoms with Crippen LogP contribution in [0, 0.1) is 13.8 Å². The lowest BCUT2D eigenvalue weighted by molar-refractivity contribution is 0.0944. The zero-order valence-corrected chi connectivity index (χ0v) is 15.5. The smallest absolute Gasteiger partial charge is 0.269 e. The van der Waals surface area contributed by atoms with Gasteiger partial charge in [0.05, 0.1) is 5.69 Å². The molecule has 3 aromatic rings. The van der Waals surface area contributed by atoms with Gasteiger partial charge in [-0.2, -0.15) is 5.10 Å². The molecule has 2 aromatic heterocycles. The molecule has 5 nitrogen and oxygen atoms in total. The number of pyridine rings is 1. The second-order valence-corrected chi connectivity index (χ2v) is 6.54. The van der Waals surface area contributed by atoms with Crippen LogP contribution in [0.3, 0.4) is 0 Å². The molecule has 0 radical (unpaired) electrons. The van der Waals surface area contributed by atoms with E-state index in [0.717, 1.165) is 29.8 Å². The first-order valence-corrected chi connectivity index (χ1v) is 8.84. The third-order valence-corrected chi connectivity index (χ3v) is 4.33. The van der Waals surface area contributed by atoms with Crippen molar-refractivity contribution in [1.82, 2.24) is 20.1 Å². The first-order chi connectivity index (χ1) is 12.5. The van der Waals surface area contributed by atoms with Gasteiger partial charge in [0.15, 0.2) is 0 Å². The standard InChI is InChI=1S/C21H24N4O/c1-15-9-10-19(14-23-15)18-8-4-6-17(13-18)7-5-11-22-21(26)20-12-16(2)24-25(20)3/h4,6,8-10,12-14H,5,7,11H2,1-3H3,(H,22,26). The summed E-state index contributed by atoms with van der Waals surface area (Å²) < 4.78 is 1.61. The van der Waals surface area contributed by atoms with Gasteiger partial charge in [0.25, 0.3) is 5.91 Å². The van der Waals surface area contributed by atoms with Crippen LogP contribution in [-0.2, 0) is 13.5 Å². The van der Waals surface area contributed by atoms with E-state index in [1.54, 1.807) is 17.8 Å². The van der Waals surface area contributed by atoms with Gasteiger partial charge in [-0.25, -0.2) is 0 Å². The van der Waals surface area contributed by atoms with Crippen molar-refractivity contribution in [3.05, 3.63) is 71.3 Å². The molecule has 0 spiro atoms. The van der Waals surface area contributed by atoms with Crippen LogP contribution in [0.4, 0.5) is 0 Å². The molecule has 1 aromatic carbocycles. The Labute approximate surface area is 154 Å². The predicted molar refractivity (Wildman–Crippen MR) is 103 cm³/mol. The van der Waals surface area contributed by atoms with Crippen LogP contribution in [0.15, 0.2) is 48.7 Å². The van der Waals surface area contributed by atoms with Crippen LogP contribution < -0.4 is 5.32 Å². The summed E-state index contributed by atoms with van der Waals surface area (Å²) in [5.41, 5.74) is 6.01. The molecule has 0 aliphatic rings. The van der Waals surface area contributed by atoms with E-state index in [0.29, 0.717) is 12.2 Å². The lowest BCUT2D eigenvalue weighted by Crippen LogP contribution is -2.26. The Morgan fingerprint density at radius 2 is 1.92 bits per heavy atom. The fourth-order valence-corrected chi connectivity index (χ4v) is 2.95. The molecule has 0 aliphatic carbocycles. The topological polar surface area (TPSA) is 59.8 Å². The number of nitrogens with one attached hydrogen (secondary N) is 1. The monoisotopic (exact) mass is 348 g/mol. The Morgan fingerprint density at radius 3 is 2.62 bits per heavy atom. The molecule has 0 fully saturated rings. The maximum atomic E-state index is 12.2. The normalized spacial score (nSPS) is 10.7. The van der Waals surface area contributed by atoms with E-state index < -0.39 is 0 Å². The third-order valence-electron chi connectivity index (χ3n) is 4.33. The van der Waals surface area contributed by atoms with E-state index in [1.807, 2.05) is 26.1 Å². The Morgan fingerprint density at radius 1 is 1.08 bits per heavy atom. The minimum atomic E-state index is -0.0763. The summed E-state index contributed by atoms with van der Waals surface area (Å²) in [6, 6.07) is 14.4. The number of carbonyl (C=O) groups excluding carboxylic acids is 1. The van der Waals surface area contributed by atoms with Gasteiger partial charge in [0, 0.05) is 31.0 Å². The highest BCUT2D eigenvalue weighted by Gasteiger charge is 2.10. The maximum absolute atomic E-state index is 12.2. The highest BCUT2D eigenvalue weighted by Crippen LogP contribution is 2.20. The van der Waals surface area contributed by atoms with Gasteiger partial charge in [0.2, 0.25) is 0 Å². The van der Waals surface area contributed by atoms with Crippen molar-refractivity contribution in [1.29, 1.82) is 0 Å². The van der Waals surface area contributed by atoms with E-state index in [4.69, 9.17) is 0 Å². The predicted octanol–water partition coefficient (Wildman–Crippen LogP) is 3.46. The Balaban J connectivity index is 1.54. The lowest BCUT2D eigenvalue weighted by atomic mass is 10.0. The molecule has 5 heteroatoms. The van der Waals surface area contributed by atoms with Crippen molar-refractivity contribution in [2.24, 2.45) is 7.05 Å². The second-order valence-electron chi connectivity index (χ2n) is 6.54. The SMILES string of the molecule is Cc1ccc(-c2cccc(CCCNC(=O)c3cc(C)nn3C)c2)cn1. The van der Waals surface area contributed by atoms with Gasteiger partial charge in [0.1, 0.15) is 5.69 Å². The van der Waals surface area contributed by atoms with E-state index in [1.165, 1.54) is 11.1 Å². The van der Waals surface area contributed by atoms with Gasteiger partial charge >= 0.3 is 0 Å². The number of rotatable bonds is 6. The zero-order chi connectivity index (χ0) is 18.5. The van der Waals surface area contributed by atoms with Crippen LogP contribution in [0.1, 0.15) is 33.9 Å². The van der Waals surface area contributed by atoms with E-state index >= 15 is 0 Å². The summed E-state index contributed by atoms with van der Waals surface area (Å²) in [5, 5.41) is 7.17. The largest absolute Gasteiger partial charge is 0.351 e. The molecule has 134 valence electrons. The van der Waals surface area contributed by atoms with Crippen molar-refractivity contribution < 1.29 is 4.79 Å². The molecule has 0 atom stereocenters. The Kier molecular flexibility index (Phi) is 5.46. The van der Waals surface area contributed by atoms with Crippen LogP contribution in [0.25, 0.3) is 11.1 Å².